The predicted molar refractivity (Wildman–Crippen MR) is 52.7 cm³/mol. The molecule has 1 N–H and O–H groups in total. The molecule has 1 unspecified atom stereocenters. The molecule has 1 nitrogen and oxygen atoms in total. The van der Waals surface area contributed by atoms with Crippen molar-refractivity contribution in [2.24, 2.45) is 11.3 Å². The van der Waals surface area contributed by atoms with Crippen molar-refractivity contribution in [1.82, 2.24) is 0 Å². The van der Waals surface area contributed by atoms with Gasteiger partial charge < -0.3 is 5.11 Å². The van der Waals surface area contributed by atoms with Crippen LogP contribution in [-0.2, 0) is 0 Å². The molecule has 0 aliphatic rings. The first-order chi connectivity index (χ1) is 5.25. The normalized spacial score (nSPS) is 16.7. The molecule has 12 heavy (non-hydrogen) atoms. The van der Waals surface area contributed by atoms with Crippen LogP contribution < -0.4 is 0 Å². The molecule has 70 valence electrons. The molecule has 0 bridgehead atoms. The molecular formula is C11H20O. The Morgan fingerprint density at radius 3 is 1.67 bits per heavy atom. The molecule has 0 aliphatic carbocycles. The summed E-state index contributed by atoms with van der Waals surface area (Å²) in [7, 11) is 0. The lowest BCUT2D eigenvalue weighted by Crippen LogP contribution is -2.46. The van der Waals surface area contributed by atoms with E-state index in [1.807, 2.05) is 34.6 Å². The summed E-state index contributed by atoms with van der Waals surface area (Å²) in [5, 5.41) is 10.3. The summed E-state index contributed by atoms with van der Waals surface area (Å²) >= 11 is 0. The number of rotatable bonds is 1. The highest BCUT2D eigenvalue weighted by molar-refractivity contribution is 5.18. The van der Waals surface area contributed by atoms with Crippen LogP contribution in [0.25, 0.3) is 0 Å². The number of aliphatic hydroxyl groups is 1. The van der Waals surface area contributed by atoms with Crippen LogP contribution >= 0.6 is 0 Å². The van der Waals surface area contributed by atoms with Gasteiger partial charge in [-0.25, -0.2) is 0 Å². The monoisotopic (exact) mass is 168 g/mol. The Kier molecular flexibility index (Phi) is 3.35. The van der Waals surface area contributed by atoms with Crippen molar-refractivity contribution >= 4 is 0 Å². The van der Waals surface area contributed by atoms with Gasteiger partial charge in [0, 0.05) is 5.41 Å². The van der Waals surface area contributed by atoms with Crippen LogP contribution in [0.15, 0.2) is 0 Å². The summed E-state index contributed by atoms with van der Waals surface area (Å²) < 4.78 is 0. The first-order valence-electron chi connectivity index (χ1n) is 4.42. The van der Waals surface area contributed by atoms with Gasteiger partial charge in [0.2, 0.25) is 0 Å². The lowest BCUT2D eigenvalue weighted by Gasteiger charge is -2.39. The van der Waals surface area contributed by atoms with Crippen molar-refractivity contribution in [3.63, 3.8) is 0 Å². The van der Waals surface area contributed by atoms with Gasteiger partial charge in [0.25, 0.3) is 0 Å². The van der Waals surface area contributed by atoms with Crippen LogP contribution in [0.3, 0.4) is 0 Å². The molecule has 0 aromatic rings. The van der Waals surface area contributed by atoms with Crippen molar-refractivity contribution in [1.29, 1.82) is 0 Å². The smallest absolute Gasteiger partial charge is 0.132 e. The maximum Gasteiger partial charge on any atom is 0.132 e. The second-order valence-electron chi connectivity index (χ2n) is 4.55. The number of hydrogen-bond acceptors (Lipinski definition) is 1. The van der Waals surface area contributed by atoms with Crippen molar-refractivity contribution in [3.8, 4) is 11.8 Å². The Hall–Kier alpha value is -0.480. The average molecular weight is 168 g/mol. The maximum atomic E-state index is 10.3. The molecule has 0 fully saturated rings. The van der Waals surface area contributed by atoms with Crippen LogP contribution in [-0.4, -0.2) is 10.7 Å². The minimum atomic E-state index is -0.873. The van der Waals surface area contributed by atoms with Crippen molar-refractivity contribution in [2.75, 3.05) is 0 Å². The van der Waals surface area contributed by atoms with E-state index in [1.54, 1.807) is 6.92 Å². The quantitative estimate of drug-likeness (QED) is 0.596. The highest BCUT2D eigenvalue weighted by Gasteiger charge is 2.41. The van der Waals surface area contributed by atoms with E-state index in [4.69, 9.17) is 0 Å². The summed E-state index contributed by atoms with van der Waals surface area (Å²) in [5.74, 6) is 5.86. The van der Waals surface area contributed by atoms with Crippen LogP contribution in [0, 0.1) is 23.2 Å². The van der Waals surface area contributed by atoms with Crippen molar-refractivity contribution < 1.29 is 5.11 Å². The van der Waals surface area contributed by atoms with Crippen LogP contribution in [0.4, 0.5) is 0 Å². The second kappa shape index (κ2) is 3.49. The predicted octanol–water partition coefficient (Wildman–Crippen LogP) is 2.44. The van der Waals surface area contributed by atoms with Crippen LogP contribution in [0.5, 0.6) is 0 Å². The van der Waals surface area contributed by atoms with E-state index in [0.717, 1.165) is 0 Å². The molecular weight excluding hydrogens is 148 g/mol. The SMILES string of the molecule is CC#CC(O)(C(C)C)C(C)(C)C. The van der Waals surface area contributed by atoms with Gasteiger partial charge >= 0.3 is 0 Å². The van der Waals surface area contributed by atoms with Gasteiger partial charge in [0.05, 0.1) is 0 Å². The Labute approximate surface area is 76.2 Å². The third kappa shape index (κ3) is 2.01. The molecule has 0 aromatic heterocycles. The Bertz CT molecular complexity index is 199. The maximum absolute atomic E-state index is 10.3. The molecule has 0 aliphatic heterocycles. The van der Waals surface area contributed by atoms with E-state index in [1.165, 1.54) is 0 Å². The van der Waals surface area contributed by atoms with Gasteiger partial charge in [0.1, 0.15) is 5.60 Å². The standard InChI is InChI=1S/C11H20O/c1-7-8-11(12,9(2)3)10(4,5)6/h9,12H,1-6H3. The zero-order valence-electron chi connectivity index (χ0n) is 9.02. The van der Waals surface area contributed by atoms with Gasteiger partial charge in [-0.2, -0.15) is 0 Å². The molecule has 0 rings (SSSR count). The van der Waals surface area contributed by atoms with Gasteiger partial charge in [-0.15, -0.1) is 5.92 Å². The molecule has 1 heteroatoms. The third-order valence-corrected chi connectivity index (χ3v) is 2.29. The second-order valence-corrected chi connectivity index (χ2v) is 4.55. The van der Waals surface area contributed by atoms with E-state index >= 15 is 0 Å². The highest BCUT2D eigenvalue weighted by atomic mass is 16.3. The topological polar surface area (TPSA) is 20.2 Å². The fourth-order valence-corrected chi connectivity index (χ4v) is 1.39. The van der Waals surface area contributed by atoms with Gasteiger partial charge in [-0.3, -0.25) is 0 Å². The van der Waals surface area contributed by atoms with Crippen molar-refractivity contribution in [2.45, 2.75) is 47.1 Å². The molecule has 0 saturated heterocycles. The lowest BCUT2D eigenvalue weighted by atomic mass is 9.70. The third-order valence-electron chi connectivity index (χ3n) is 2.29. The number of hydrogen-bond donors (Lipinski definition) is 1. The summed E-state index contributed by atoms with van der Waals surface area (Å²) in [4.78, 5) is 0. The molecule has 1 atom stereocenters. The first kappa shape index (κ1) is 11.5. The first-order valence-corrected chi connectivity index (χ1v) is 4.42. The fraction of sp³-hybridized carbons (Fsp3) is 0.818. The lowest BCUT2D eigenvalue weighted by molar-refractivity contribution is -0.0426. The highest BCUT2D eigenvalue weighted by Crippen LogP contribution is 2.35. The van der Waals surface area contributed by atoms with Crippen LogP contribution in [0.2, 0.25) is 0 Å². The van der Waals surface area contributed by atoms with E-state index in [0.29, 0.717) is 0 Å². The molecule has 0 radical (unpaired) electrons. The zero-order valence-corrected chi connectivity index (χ0v) is 9.02. The largest absolute Gasteiger partial charge is 0.377 e. The summed E-state index contributed by atoms with van der Waals surface area (Å²) in [5.41, 5.74) is -1.06. The molecule has 0 saturated carbocycles. The summed E-state index contributed by atoms with van der Waals surface area (Å²) in [6, 6.07) is 0. The van der Waals surface area contributed by atoms with E-state index < -0.39 is 5.60 Å². The zero-order chi connectivity index (χ0) is 9.99. The fourth-order valence-electron chi connectivity index (χ4n) is 1.39. The molecule has 0 aromatic carbocycles. The Balaban J connectivity index is 4.97. The van der Waals surface area contributed by atoms with Gasteiger partial charge in [-0.05, 0) is 12.8 Å². The average Bonchev–Trinajstić information content (AvgIpc) is 1.85. The minimum absolute atomic E-state index is 0.157. The van der Waals surface area contributed by atoms with E-state index in [-0.39, 0.29) is 11.3 Å². The minimum Gasteiger partial charge on any atom is -0.377 e. The van der Waals surface area contributed by atoms with Crippen LogP contribution in [0.1, 0.15) is 41.5 Å². The van der Waals surface area contributed by atoms with Gasteiger partial charge in [-0.1, -0.05) is 40.5 Å². The summed E-state index contributed by atoms with van der Waals surface area (Å²) in [6.07, 6.45) is 0. The molecule has 0 amide bonds. The van der Waals surface area contributed by atoms with Gasteiger partial charge in [0.15, 0.2) is 0 Å². The molecule has 0 spiro atoms. The Morgan fingerprint density at radius 2 is 1.58 bits per heavy atom. The van der Waals surface area contributed by atoms with E-state index in [2.05, 4.69) is 11.8 Å². The Morgan fingerprint density at radius 1 is 1.17 bits per heavy atom. The van der Waals surface area contributed by atoms with Crippen molar-refractivity contribution in [3.05, 3.63) is 0 Å². The van der Waals surface area contributed by atoms with E-state index in [9.17, 15) is 5.11 Å². The summed E-state index contributed by atoms with van der Waals surface area (Å²) in [6.45, 7) is 11.8. The molecule has 0 heterocycles.